The SMILES string of the molecule is CCOc1ccccc1N1CCN(C(=O)c2cccc(C)n2)CC1. The van der Waals surface area contributed by atoms with Crippen LogP contribution in [0.25, 0.3) is 0 Å². The zero-order valence-corrected chi connectivity index (χ0v) is 14.2. The van der Waals surface area contributed by atoms with E-state index in [0.29, 0.717) is 25.4 Å². The largest absolute Gasteiger partial charge is 0.492 e. The number of pyridine rings is 1. The lowest BCUT2D eigenvalue weighted by atomic mass is 10.2. The van der Waals surface area contributed by atoms with Gasteiger partial charge in [0.2, 0.25) is 0 Å². The molecule has 2 aromatic rings. The molecule has 0 saturated carbocycles. The topological polar surface area (TPSA) is 45.7 Å². The number of para-hydroxylation sites is 2. The van der Waals surface area contributed by atoms with Crippen molar-refractivity contribution in [2.75, 3.05) is 37.7 Å². The monoisotopic (exact) mass is 325 g/mol. The molecule has 1 saturated heterocycles. The molecular formula is C19H23N3O2. The quantitative estimate of drug-likeness (QED) is 0.867. The summed E-state index contributed by atoms with van der Waals surface area (Å²) < 4.78 is 5.71. The fourth-order valence-electron chi connectivity index (χ4n) is 2.97. The Morgan fingerprint density at radius 1 is 1.08 bits per heavy atom. The minimum absolute atomic E-state index is 0.0106. The van der Waals surface area contributed by atoms with Gasteiger partial charge >= 0.3 is 0 Å². The van der Waals surface area contributed by atoms with Crippen molar-refractivity contribution >= 4 is 11.6 Å². The Morgan fingerprint density at radius 2 is 1.83 bits per heavy atom. The van der Waals surface area contributed by atoms with Gasteiger partial charge in [-0.2, -0.15) is 0 Å². The Balaban J connectivity index is 1.67. The normalized spacial score (nSPS) is 14.6. The molecule has 1 amide bonds. The van der Waals surface area contributed by atoms with E-state index in [1.54, 1.807) is 6.07 Å². The van der Waals surface area contributed by atoms with Crippen LogP contribution in [0.2, 0.25) is 0 Å². The number of carbonyl (C=O) groups is 1. The Morgan fingerprint density at radius 3 is 2.54 bits per heavy atom. The molecule has 1 fully saturated rings. The van der Waals surface area contributed by atoms with E-state index in [-0.39, 0.29) is 5.91 Å². The molecule has 0 atom stereocenters. The van der Waals surface area contributed by atoms with E-state index in [1.807, 2.05) is 49.1 Å². The summed E-state index contributed by atoms with van der Waals surface area (Å²) in [5.41, 5.74) is 2.49. The minimum atomic E-state index is 0.0106. The first-order valence-electron chi connectivity index (χ1n) is 8.38. The lowest BCUT2D eigenvalue weighted by Gasteiger charge is -2.36. The van der Waals surface area contributed by atoms with Gasteiger partial charge in [-0.1, -0.05) is 18.2 Å². The molecule has 1 aromatic carbocycles. The van der Waals surface area contributed by atoms with E-state index in [1.165, 1.54) is 0 Å². The number of rotatable bonds is 4. The van der Waals surface area contributed by atoms with Crippen molar-refractivity contribution in [3.63, 3.8) is 0 Å². The average molecular weight is 325 g/mol. The van der Waals surface area contributed by atoms with Gasteiger partial charge in [-0.15, -0.1) is 0 Å². The highest BCUT2D eigenvalue weighted by Gasteiger charge is 2.24. The van der Waals surface area contributed by atoms with Gasteiger partial charge in [0.25, 0.3) is 5.91 Å². The molecule has 1 aliphatic rings. The maximum absolute atomic E-state index is 12.6. The number of amides is 1. The van der Waals surface area contributed by atoms with Crippen LogP contribution in [0.15, 0.2) is 42.5 Å². The van der Waals surface area contributed by atoms with Gasteiger partial charge in [0.05, 0.1) is 12.3 Å². The number of ether oxygens (including phenoxy) is 1. The standard InChI is InChI=1S/C19H23N3O2/c1-3-24-18-10-5-4-9-17(18)21-11-13-22(14-12-21)19(23)16-8-6-7-15(2)20-16/h4-10H,3,11-14H2,1-2H3. The predicted octanol–water partition coefficient (Wildman–Crippen LogP) is 2.75. The van der Waals surface area contributed by atoms with Crippen molar-refractivity contribution in [2.45, 2.75) is 13.8 Å². The van der Waals surface area contributed by atoms with Gasteiger partial charge in [-0.25, -0.2) is 4.98 Å². The highest BCUT2D eigenvalue weighted by Crippen LogP contribution is 2.28. The van der Waals surface area contributed by atoms with Crippen LogP contribution in [-0.4, -0.2) is 48.6 Å². The smallest absolute Gasteiger partial charge is 0.272 e. The van der Waals surface area contributed by atoms with Crippen molar-refractivity contribution in [2.24, 2.45) is 0 Å². The van der Waals surface area contributed by atoms with Crippen molar-refractivity contribution in [3.05, 3.63) is 53.9 Å². The summed E-state index contributed by atoms with van der Waals surface area (Å²) in [4.78, 5) is 21.1. The number of hydrogen-bond donors (Lipinski definition) is 0. The van der Waals surface area contributed by atoms with Crippen LogP contribution in [0, 0.1) is 6.92 Å². The summed E-state index contributed by atoms with van der Waals surface area (Å²) in [6, 6.07) is 13.6. The summed E-state index contributed by atoms with van der Waals surface area (Å²) in [5.74, 6) is 0.913. The number of carbonyl (C=O) groups excluding carboxylic acids is 1. The summed E-state index contributed by atoms with van der Waals surface area (Å²) in [5, 5.41) is 0. The van der Waals surface area contributed by atoms with Crippen LogP contribution < -0.4 is 9.64 Å². The number of aryl methyl sites for hydroxylation is 1. The van der Waals surface area contributed by atoms with Crippen molar-refractivity contribution < 1.29 is 9.53 Å². The zero-order chi connectivity index (χ0) is 16.9. The number of hydrogen-bond acceptors (Lipinski definition) is 4. The van der Waals surface area contributed by atoms with Crippen LogP contribution in [0.4, 0.5) is 5.69 Å². The zero-order valence-electron chi connectivity index (χ0n) is 14.2. The maximum Gasteiger partial charge on any atom is 0.272 e. The Bertz CT molecular complexity index is 709. The molecule has 5 nitrogen and oxygen atoms in total. The van der Waals surface area contributed by atoms with Gasteiger partial charge in [-0.05, 0) is 38.1 Å². The van der Waals surface area contributed by atoms with Gasteiger partial charge in [-0.3, -0.25) is 4.79 Å². The van der Waals surface area contributed by atoms with Gasteiger partial charge in [0.1, 0.15) is 11.4 Å². The number of piperazine rings is 1. The first kappa shape index (κ1) is 16.3. The molecule has 126 valence electrons. The number of anilines is 1. The first-order valence-corrected chi connectivity index (χ1v) is 8.38. The van der Waals surface area contributed by atoms with E-state index in [9.17, 15) is 4.79 Å². The summed E-state index contributed by atoms with van der Waals surface area (Å²) in [6.07, 6.45) is 0. The Labute approximate surface area is 142 Å². The molecule has 1 aromatic heterocycles. The fourth-order valence-corrected chi connectivity index (χ4v) is 2.97. The van der Waals surface area contributed by atoms with E-state index in [0.717, 1.165) is 30.2 Å². The second kappa shape index (κ2) is 7.34. The third-order valence-corrected chi connectivity index (χ3v) is 4.18. The molecule has 5 heteroatoms. The minimum Gasteiger partial charge on any atom is -0.492 e. The molecule has 0 N–H and O–H groups in total. The third-order valence-electron chi connectivity index (χ3n) is 4.18. The lowest BCUT2D eigenvalue weighted by molar-refractivity contribution is 0.0740. The maximum atomic E-state index is 12.6. The summed E-state index contributed by atoms with van der Waals surface area (Å²) >= 11 is 0. The van der Waals surface area contributed by atoms with Crippen molar-refractivity contribution in [1.29, 1.82) is 0 Å². The predicted molar refractivity (Wildman–Crippen MR) is 94.7 cm³/mol. The summed E-state index contributed by atoms with van der Waals surface area (Å²) in [6.45, 7) is 7.50. The summed E-state index contributed by atoms with van der Waals surface area (Å²) in [7, 11) is 0. The number of nitrogens with zero attached hydrogens (tertiary/aromatic N) is 3. The molecule has 1 aliphatic heterocycles. The van der Waals surface area contributed by atoms with E-state index < -0.39 is 0 Å². The number of aromatic nitrogens is 1. The third kappa shape index (κ3) is 3.50. The van der Waals surface area contributed by atoms with Crippen molar-refractivity contribution in [3.8, 4) is 5.75 Å². The second-order valence-electron chi connectivity index (χ2n) is 5.84. The molecule has 0 spiro atoms. The van der Waals surface area contributed by atoms with E-state index >= 15 is 0 Å². The van der Waals surface area contributed by atoms with Crippen LogP contribution in [0.3, 0.4) is 0 Å². The Hall–Kier alpha value is -2.56. The molecule has 0 unspecified atom stereocenters. The van der Waals surface area contributed by atoms with Crippen LogP contribution in [-0.2, 0) is 0 Å². The van der Waals surface area contributed by atoms with Crippen LogP contribution in [0.5, 0.6) is 5.75 Å². The van der Waals surface area contributed by atoms with E-state index in [2.05, 4.69) is 16.0 Å². The highest BCUT2D eigenvalue weighted by atomic mass is 16.5. The van der Waals surface area contributed by atoms with Gasteiger partial charge in [0, 0.05) is 31.9 Å². The van der Waals surface area contributed by atoms with Crippen LogP contribution in [0.1, 0.15) is 23.1 Å². The number of benzene rings is 1. The molecule has 24 heavy (non-hydrogen) atoms. The molecule has 0 aliphatic carbocycles. The van der Waals surface area contributed by atoms with Gasteiger partial charge in [0.15, 0.2) is 0 Å². The molecule has 0 radical (unpaired) electrons. The fraction of sp³-hybridized carbons (Fsp3) is 0.368. The molecular weight excluding hydrogens is 302 g/mol. The molecule has 2 heterocycles. The lowest BCUT2D eigenvalue weighted by Crippen LogP contribution is -2.49. The molecule has 0 bridgehead atoms. The van der Waals surface area contributed by atoms with E-state index in [4.69, 9.17) is 4.74 Å². The molecule has 3 rings (SSSR count). The van der Waals surface area contributed by atoms with Crippen LogP contribution >= 0.6 is 0 Å². The average Bonchev–Trinajstić information content (AvgIpc) is 2.62. The highest BCUT2D eigenvalue weighted by molar-refractivity contribution is 5.92. The van der Waals surface area contributed by atoms with Crippen molar-refractivity contribution in [1.82, 2.24) is 9.88 Å². The second-order valence-corrected chi connectivity index (χ2v) is 5.84. The first-order chi connectivity index (χ1) is 11.7. The van der Waals surface area contributed by atoms with Gasteiger partial charge < -0.3 is 14.5 Å². The Kier molecular flexibility index (Phi) is 4.99.